The first kappa shape index (κ1) is 13.6. The molecule has 1 rings (SSSR count). The summed E-state index contributed by atoms with van der Waals surface area (Å²) in [4.78, 5) is 0. The number of hydrogen-bond acceptors (Lipinski definition) is 1. The third-order valence-corrected chi connectivity index (χ3v) is 2.20. The molecule has 0 heterocycles. The molecule has 92 valence electrons. The quantitative estimate of drug-likeness (QED) is 0.638. The number of aliphatic hydroxyl groups excluding tert-OH is 1. The lowest BCUT2D eigenvalue weighted by molar-refractivity contribution is 0.218. The smallest absolute Gasteiger partial charge is 0.194 e. The molecule has 4 heteroatoms. The fraction of sp³-hybridized carbons (Fsp3) is 0.385. The van der Waals surface area contributed by atoms with Gasteiger partial charge in [0.25, 0.3) is 0 Å². The molecule has 0 radical (unpaired) electrons. The van der Waals surface area contributed by atoms with Crippen molar-refractivity contribution in [1.29, 1.82) is 0 Å². The van der Waals surface area contributed by atoms with Gasteiger partial charge in [-0.15, -0.1) is 0 Å². The van der Waals surface area contributed by atoms with Crippen molar-refractivity contribution in [2.45, 2.75) is 32.3 Å². The number of hydrogen-bond donors (Lipinski definition) is 1. The van der Waals surface area contributed by atoms with Crippen LogP contribution in [0.1, 0.15) is 31.7 Å². The van der Waals surface area contributed by atoms with Crippen molar-refractivity contribution in [3.63, 3.8) is 0 Å². The maximum atomic E-state index is 12.8. The molecule has 0 amide bonds. The number of unbranched alkanes of at least 4 members (excludes halogenated alkanes) is 1. The summed E-state index contributed by atoms with van der Waals surface area (Å²) in [5.74, 6) is 0.800. The van der Waals surface area contributed by atoms with Crippen molar-refractivity contribution >= 4 is 0 Å². The number of aliphatic hydroxyl groups is 1. The Labute approximate surface area is 98.3 Å². The molecule has 0 aliphatic rings. The van der Waals surface area contributed by atoms with Gasteiger partial charge in [0.2, 0.25) is 0 Å². The third kappa shape index (κ3) is 4.12. The molecule has 1 nitrogen and oxygen atoms in total. The Morgan fingerprint density at radius 1 is 1.24 bits per heavy atom. The molecular weight excluding hydrogens is 229 g/mol. The van der Waals surface area contributed by atoms with E-state index in [4.69, 9.17) is 0 Å². The van der Waals surface area contributed by atoms with E-state index in [1.54, 1.807) is 0 Å². The fourth-order valence-electron chi connectivity index (χ4n) is 1.26. The van der Waals surface area contributed by atoms with E-state index in [-0.39, 0.29) is 5.56 Å². The van der Waals surface area contributed by atoms with Crippen LogP contribution >= 0.6 is 0 Å². The van der Waals surface area contributed by atoms with Crippen molar-refractivity contribution in [2.24, 2.45) is 0 Å². The number of rotatable bonds is 3. The summed E-state index contributed by atoms with van der Waals surface area (Å²) in [7, 11) is 0. The first-order valence-electron chi connectivity index (χ1n) is 5.38. The lowest BCUT2D eigenvalue weighted by Gasteiger charge is -2.00. The van der Waals surface area contributed by atoms with E-state index in [0.29, 0.717) is 6.42 Å². The zero-order valence-corrected chi connectivity index (χ0v) is 9.43. The highest BCUT2D eigenvalue weighted by molar-refractivity contribution is 5.36. The van der Waals surface area contributed by atoms with Gasteiger partial charge in [0.05, 0.1) is 0 Å². The summed E-state index contributed by atoms with van der Waals surface area (Å²) in [5, 5.41) is 9.40. The van der Waals surface area contributed by atoms with Crippen LogP contribution in [0.3, 0.4) is 0 Å². The Bertz CT molecular complexity index is 423. The maximum Gasteiger partial charge on any atom is 0.194 e. The molecule has 1 aromatic carbocycles. The minimum Gasteiger partial charge on any atom is -0.380 e. The van der Waals surface area contributed by atoms with Crippen molar-refractivity contribution in [3.05, 3.63) is 35.1 Å². The second kappa shape index (κ2) is 6.31. The molecular formula is C13H13F3O. The van der Waals surface area contributed by atoms with E-state index < -0.39 is 23.6 Å². The Kier molecular flexibility index (Phi) is 5.05. The van der Waals surface area contributed by atoms with Gasteiger partial charge in [-0.25, -0.2) is 13.2 Å². The summed E-state index contributed by atoms with van der Waals surface area (Å²) in [6.45, 7) is 1.98. The van der Waals surface area contributed by atoms with Gasteiger partial charge in [0.15, 0.2) is 17.5 Å². The molecule has 0 aliphatic heterocycles. The van der Waals surface area contributed by atoms with Gasteiger partial charge in [-0.1, -0.05) is 31.6 Å². The zero-order valence-electron chi connectivity index (χ0n) is 9.43. The average Bonchev–Trinajstić information content (AvgIpc) is 2.30. The predicted molar refractivity (Wildman–Crippen MR) is 58.7 cm³/mol. The molecule has 0 aliphatic carbocycles. The molecule has 1 aromatic rings. The van der Waals surface area contributed by atoms with E-state index in [0.717, 1.165) is 25.0 Å². The van der Waals surface area contributed by atoms with Gasteiger partial charge in [-0.2, -0.15) is 0 Å². The van der Waals surface area contributed by atoms with E-state index in [9.17, 15) is 18.3 Å². The molecule has 0 bridgehead atoms. The summed E-state index contributed by atoms with van der Waals surface area (Å²) in [6, 6.07) is 1.61. The third-order valence-electron chi connectivity index (χ3n) is 2.20. The van der Waals surface area contributed by atoms with Crippen LogP contribution in [0.2, 0.25) is 0 Å². The van der Waals surface area contributed by atoms with Gasteiger partial charge in [0, 0.05) is 5.56 Å². The Balaban J connectivity index is 2.78. The Morgan fingerprint density at radius 3 is 2.35 bits per heavy atom. The van der Waals surface area contributed by atoms with Crippen molar-refractivity contribution in [1.82, 2.24) is 0 Å². The van der Waals surface area contributed by atoms with Crippen molar-refractivity contribution in [3.8, 4) is 11.8 Å². The molecule has 0 spiro atoms. The number of halogens is 3. The molecule has 17 heavy (non-hydrogen) atoms. The standard InChI is InChI=1S/C13H13F3O/c1-2-3-4-10(17)6-5-9-7-11(14)13(16)12(15)8-9/h7-8,10,17H,2-4H2,1H3. The zero-order chi connectivity index (χ0) is 12.8. The van der Waals surface area contributed by atoms with Crippen LogP contribution in [0.15, 0.2) is 12.1 Å². The Hall–Kier alpha value is -1.47. The summed E-state index contributed by atoms with van der Waals surface area (Å²) in [5.41, 5.74) is 0.0111. The van der Waals surface area contributed by atoms with Gasteiger partial charge >= 0.3 is 0 Å². The topological polar surface area (TPSA) is 20.2 Å². The van der Waals surface area contributed by atoms with Gasteiger partial charge in [-0.05, 0) is 18.6 Å². The summed E-state index contributed by atoms with van der Waals surface area (Å²) in [6.07, 6.45) is 1.43. The van der Waals surface area contributed by atoms with Gasteiger partial charge < -0.3 is 5.11 Å². The van der Waals surface area contributed by atoms with Gasteiger partial charge in [0.1, 0.15) is 6.10 Å². The summed E-state index contributed by atoms with van der Waals surface area (Å²) < 4.78 is 38.3. The highest BCUT2D eigenvalue weighted by Crippen LogP contribution is 2.12. The SMILES string of the molecule is CCCCC(O)C#Cc1cc(F)c(F)c(F)c1. The van der Waals surface area contributed by atoms with Crippen molar-refractivity contribution < 1.29 is 18.3 Å². The number of benzene rings is 1. The van der Waals surface area contributed by atoms with E-state index in [2.05, 4.69) is 11.8 Å². The minimum atomic E-state index is -1.51. The normalized spacial score (nSPS) is 11.8. The fourth-order valence-corrected chi connectivity index (χ4v) is 1.26. The van der Waals surface area contributed by atoms with Crippen LogP contribution in [-0.4, -0.2) is 11.2 Å². The van der Waals surface area contributed by atoms with Crippen LogP contribution in [0.5, 0.6) is 0 Å². The highest BCUT2D eigenvalue weighted by Gasteiger charge is 2.09. The van der Waals surface area contributed by atoms with Crippen LogP contribution in [0, 0.1) is 29.3 Å². The second-order valence-electron chi connectivity index (χ2n) is 3.68. The summed E-state index contributed by atoms with van der Waals surface area (Å²) >= 11 is 0. The van der Waals surface area contributed by atoms with E-state index in [1.165, 1.54) is 0 Å². The molecule has 0 aromatic heterocycles. The first-order chi connectivity index (χ1) is 8.04. The lowest BCUT2D eigenvalue weighted by atomic mass is 10.1. The molecule has 1 unspecified atom stereocenters. The minimum absolute atomic E-state index is 0.0111. The van der Waals surface area contributed by atoms with Crippen LogP contribution < -0.4 is 0 Å². The maximum absolute atomic E-state index is 12.8. The molecule has 0 saturated carbocycles. The molecule has 0 fully saturated rings. The van der Waals surface area contributed by atoms with E-state index in [1.807, 2.05) is 6.92 Å². The highest BCUT2D eigenvalue weighted by atomic mass is 19.2. The van der Waals surface area contributed by atoms with Crippen LogP contribution in [0.4, 0.5) is 13.2 Å². The largest absolute Gasteiger partial charge is 0.380 e. The average molecular weight is 242 g/mol. The Morgan fingerprint density at radius 2 is 1.82 bits per heavy atom. The predicted octanol–water partition coefficient (Wildman–Crippen LogP) is 3.01. The monoisotopic (exact) mass is 242 g/mol. The van der Waals surface area contributed by atoms with Crippen LogP contribution in [-0.2, 0) is 0 Å². The van der Waals surface area contributed by atoms with Crippen LogP contribution in [0.25, 0.3) is 0 Å². The molecule has 0 saturated heterocycles. The molecule has 1 atom stereocenters. The first-order valence-corrected chi connectivity index (χ1v) is 5.38. The van der Waals surface area contributed by atoms with Crippen molar-refractivity contribution in [2.75, 3.05) is 0 Å². The van der Waals surface area contributed by atoms with E-state index >= 15 is 0 Å². The lowest BCUT2D eigenvalue weighted by Crippen LogP contribution is -2.02. The second-order valence-corrected chi connectivity index (χ2v) is 3.68. The molecule has 1 N–H and O–H groups in total. The van der Waals surface area contributed by atoms with Gasteiger partial charge in [-0.3, -0.25) is 0 Å².